The lowest BCUT2D eigenvalue weighted by molar-refractivity contribution is -0.126. The average Bonchev–Trinajstić information content (AvgIpc) is 3.02. The van der Waals surface area contributed by atoms with E-state index in [0.717, 1.165) is 0 Å². The van der Waals surface area contributed by atoms with Crippen LogP contribution in [-0.4, -0.2) is 141 Å². The largest absolute Gasteiger partial charge is 0.449 e. The van der Waals surface area contributed by atoms with Crippen molar-refractivity contribution in [1.82, 2.24) is 26.6 Å². The number of primary amides is 1. The van der Waals surface area contributed by atoms with E-state index in [2.05, 4.69) is 26.6 Å². The number of ether oxygens (including phenoxy) is 4. The molecule has 19 heteroatoms. The third-order valence-electron chi connectivity index (χ3n) is 6.75. The van der Waals surface area contributed by atoms with Crippen LogP contribution in [-0.2, 0) is 33.3 Å². The lowest BCUT2D eigenvalue weighted by Gasteiger charge is -2.30. The Bertz CT molecular complexity index is 991. The molecule has 0 aliphatic heterocycles. The normalized spacial score (nSPS) is 14.2. The molecule has 0 saturated carbocycles. The summed E-state index contributed by atoms with van der Waals surface area (Å²) in [5, 5.41) is 32.6. The molecule has 1 unspecified atom stereocenters. The van der Waals surface area contributed by atoms with E-state index in [1.165, 1.54) is 25.9 Å². The number of aliphatic hydroxyl groups excluding tert-OH is 2. The maximum absolute atomic E-state index is 12.6. The summed E-state index contributed by atoms with van der Waals surface area (Å²) in [5.41, 5.74) is 9.93. The zero-order valence-electron chi connectivity index (χ0n) is 28.9. The second-order valence-electron chi connectivity index (χ2n) is 12.0. The molecule has 5 amide bonds. The number of aliphatic hydroxyl groups is 2. The summed E-state index contributed by atoms with van der Waals surface area (Å²) in [5.74, 6) is -0.941. The number of rotatable bonds is 26. The van der Waals surface area contributed by atoms with Crippen molar-refractivity contribution in [3.8, 4) is 0 Å². The fourth-order valence-corrected chi connectivity index (χ4v) is 4.83. The van der Waals surface area contributed by atoms with Crippen molar-refractivity contribution < 1.29 is 53.1 Å². The van der Waals surface area contributed by atoms with Crippen molar-refractivity contribution in [3.63, 3.8) is 0 Å². The zero-order chi connectivity index (χ0) is 36.8. The van der Waals surface area contributed by atoms with Gasteiger partial charge in [-0.25, -0.2) is 9.59 Å². The minimum Gasteiger partial charge on any atom is -0.449 e. The van der Waals surface area contributed by atoms with Crippen LogP contribution >= 0.6 is 11.8 Å². The van der Waals surface area contributed by atoms with Crippen LogP contribution in [0, 0.1) is 0 Å². The van der Waals surface area contributed by atoms with E-state index in [9.17, 15) is 34.2 Å². The number of amides is 5. The maximum atomic E-state index is 12.6. The fourth-order valence-electron chi connectivity index (χ4n) is 3.74. The highest BCUT2D eigenvalue weighted by Gasteiger charge is 2.26. The van der Waals surface area contributed by atoms with Crippen molar-refractivity contribution in [3.05, 3.63) is 0 Å². The van der Waals surface area contributed by atoms with Gasteiger partial charge in [-0.05, 0) is 40.5 Å². The Labute approximate surface area is 286 Å². The van der Waals surface area contributed by atoms with Gasteiger partial charge >= 0.3 is 12.2 Å². The van der Waals surface area contributed by atoms with Gasteiger partial charge in [0.2, 0.25) is 17.7 Å². The molecule has 0 aromatic rings. The van der Waals surface area contributed by atoms with Crippen molar-refractivity contribution in [1.29, 1.82) is 0 Å². The molecule has 0 aromatic heterocycles. The Balaban J connectivity index is 4.52. The SMILES string of the molecule is CNC(=O)OCC[C@H](CSC[C@H](N)C(O)N[C@@H](CO)C(=O)NCCOC(C)(C)CCOC(C)(C)CCC(=O)NCC(N)=O)OC(=O)NC. The van der Waals surface area contributed by atoms with Gasteiger partial charge in [-0.3, -0.25) is 19.7 Å². The summed E-state index contributed by atoms with van der Waals surface area (Å²) in [6.45, 7) is 7.37. The van der Waals surface area contributed by atoms with Gasteiger partial charge in [-0.2, -0.15) is 11.8 Å². The highest BCUT2D eigenvalue weighted by Crippen LogP contribution is 2.20. The zero-order valence-corrected chi connectivity index (χ0v) is 29.7. The van der Waals surface area contributed by atoms with Crippen LogP contribution in [0.4, 0.5) is 9.59 Å². The average molecular weight is 712 g/mol. The smallest absolute Gasteiger partial charge is 0.407 e. The summed E-state index contributed by atoms with van der Waals surface area (Å²) < 4.78 is 22.0. The molecule has 4 atom stereocenters. The van der Waals surface area contributed by atoms with Crippen molar-refractivity contribution in [2.45, 2.75) is 89.0 Å². The Morgan fingerprint density at radius 1 is 0.875 bits per heavy atom. The standard InChI is InChI=1S/C29H57N7O11S/c1-28(2,9-7-23(39)35-15-22(31)38)45-13-10-29(3,4)46-14-11-34-25(41)21(16-37)36-24(40)20(30)18-48-17-19(47-27(43)33-6)8-12-44-26(42)32-5/h19-21,24,36-37,40H,7-18,30H2,1-6H3,(H2,31,38)(H,32,42)(H,33,43)(H,34,41)(H,35,39)/t19-,20+,21+,24?/m1/s1. The molecule has 0 rings (SSSR count). The van der Waals surface area contributed by atoms with Gasteiger partial charge in [0.15, 0.2) is 0 Å². The van der Waals surface area contributed by atoms with E-state index < -0.39 is 66.2 Å². The predicted octanol–water partition coefficient (Wildman–Crippen LogP) is -1.74. The van der Waals surface area contributed by atoms with Crippen molar-refractivity contribution in [2.24, 2.45) is 11.5 Å². The number of carbonyl (C=O) groups is 5. The van der Waals surface area contributed by atoms with Crippen LogP contribution in [0.15, 0.2) is 0 Å². The van der Waals surface area contributed by atoms with E-state index in [0.29, 0.717) is 25.2 Å². The molecular formula is C29H57N7O11S. The quantitative estimate of drug-likeness (QED) is 0.0356. The topological polar surface area (TPSA) is 275 Å². The molecule has 0 radical (unpaired) electrons. The minimum absolute atomic E-state index is 0.0196. The van der Waals surface area contributed by atoms with Gasteiger partial charge in [-0.15, -0.1) is 0 Å². The van der Waals surface area contributed by atoms with E-state index in [1.54, 1.807) is 0 Å². The molecule has 0 bridgehead atoms. The number of hydrogen-bond donors (Lipinski definition) is 9. The van der Waals surface area contributed by atoms with E-state index in [4.69, 9.17) is 30.4 Å². The number of hydrogen-bond acceptors (Lipinski definition) is 14. The monoisotopic (exact) mass is 711 g/mol. The minimum atomic E-state index is -1.33. The first-order valence-electron chi connectivity index (χ1n) is 15.7. The second-order valence-corrected chi connectivity index (χ2v) is 13.1. The Hall–Kier alpha value is -2.94. The third-order valence-corrected chi connectivity index (χ3v) is 7.98. The van der Waals surface area contributed by atoms with Gasteiger partial charge < -0.3 is 61.9 Å². The number of thioether (sulfide) groups is 1. The Morgan fingerprint density at radius 2 is 1.50 bits per heavy atom. The molecule has 0 heterocycles. The molecule has 0 saturated heterocycles. The first kappa shape index (κ1) is 45.1. The number of alkyl carbamates (subject to hydrolysis) is 2. The maximum Gasteiger partial charge on any atom is 0.407 e. The van der Waals surface area contributed by atoms with Crippen molar-refractivity contribution in [2.75, 3.05) is 65.1 Å². The first-order chi connectivity index (χ1) is 22.4. The van der Waals surface area contributed by atoms with Gasteiger partial charge in [0, 0.05) is 45.0 Å². The van der Waals surface area contributed by atoms with E-state index >= 15 is 0 Å². The lowest BCUT2D eigenvalue weighted by atomic mass is 10.0. The molecule has 0 spiro atoms. The number of nitrogens with two attached hydrogens (primary N) is 2. The van der Waals surface area contributed by atoms with Crippen LogP contribution in [0.2, 0.25) is 0 Å². The third kappa shape index (κ3) is 22.6. The van der Waals surface area contributed by atoms with E-state index in [1.807, 2.05) is 27.7 Å². The first-order valence-corrected chi connectivity index (χ1v) is 16.8. The van der Waals surface area contributed by atoms with Crippen LogP contribution in [0.1, 0.15) is 53.4 Å². The number of nitrogens with one attached hydrogen (secondary N) is 5. The fraction of sp³-hybridized carbons (Fsp3) is 0.828. The predicted molar refractivity (Wildman–Crippen MR) is 179 cm³/mol. The Morgan fingerprint density at radius 3 is 2.10 bits per heavy atom. The molecule has 0 aliphatic rings. The summed E-state index contributed by atoms with van der Waals surface area (Å²) in [7, 11) is 2.84. The summed E-state index contributed by atoms with van der Waals surface area (Å²) in [4.78, 5) is 58.1. The number of carbonyl (C=O) groups excluding carboxylic acids is 5. The Kier molecular flexibility index (Phi) is 22.8. The summed E-state index contributed by atoms with van der Waals surface area (Å²) in [6.07, 6.45) is -1.79. The molecule has 280 valence electrons. The molecule has 0 aliphatic carbocycles. The lowest BCUT2D eigenvalue weighted by Crippen LogP contribution is -2.56. The van der Waals surface area contributed by atoms with Crippen LogP contribution in [0.25, 0.3) is 0 Å². The molecule has 18 nitrogen and oxygen atoms in total. The summed E-state index contributed by atoms with van der Waals surface area (Å²) in [6, 6.07) is -1.97. The van der Waals surface area contributed by atoms with Gasteiger partial charge in [0.25, 0.3) is 0 Å². The van der Waals surface area contributed by atoms with Gasteiger partial charge in [-0.1, -0.05) is 0 Å². The molecule has 0 fully saturated rings. The van der Waals surface area contributed by atoms with Crippen molar-refractivity contribution >= 4 is 41.7 Å². The van der Waals surface area contributed by atoms with Gasteiger partial charge in [0.1, 0.15) is 18.4 Å². The highest BCUT2D eigenvalue weighted by molar-refractivity contribution is 7.99. The molecule has 48 heavy (non-hydrogen) atoms. The van der Waals surface area contributed by atoms with Crippen LogP contribution in [0.3, 0.4) is 0 Å². The van der Waals surface area contributed by atoms with Gasteiger partial charge in [0.05, 0.1) is 50.2 Å². The molecular weight excluding hydrogens is 654 g/mol. The summed E-state index contributed by atoms with van der Waals surface area (Å²) >= 11 is 1.29. The molecule has 0 aromatic carbocycles. The van der Waals surface area contributed by atoms with E-state index in [-0.39, 0.29) is 50.8 Å². The van der Waals surface area contributed by atoms with Crippen LogP contribution in [0.5, 0.6) is 0 Å². The molecule has 11 N–H and O–H groups in total. The second kappa shape index (κ2) is 24.2. The highest BCUT2D eigenvalue weighted by atomic mass is 32.2. The van der Waals surface area contributed by atoms with Crippen LogP contribution < -0.4 is 38.1 Å².